The summed E-state index contributed by atoms with van der Waals surface area (Å²) in [7, 11) is 0. The van der Waals surface area contributed by atoms with E-state index >= 15 is 0 Å². The molecule has 0 spiro atoms. The molecule has 0 radical (unpaired) electrons. The van der Waals surface area contributed by atoms with E-state index in [2.05, 4.69) is 5.32 Å². The first-order valence-corrected chi connectivity index (χ1v) is 7.87. The van der Waals surface area contributed by atoms with E-state index in [1.807, 2.05) is 4.90 Å². The van der Waals surface area contributed by atoms with Crippen molar-refractivity contribution in [3.05, 3.63) is 35.4 Å². The Kier molecular flexibility index (Phi) is 3.91. The summed E-state index contributed by atoms with van der Waals surface area (Å²) in [5.41, 5.74) is -1.27. The van der Waals surface area contributed by atoms with E-state index in [9.17, 15) is 18.0 Å². The van der Waals surface area contributed by atoms with Crippen molar-refractivity contribution >= 4 is 5.91 Å². The van der Waals surface area contributed by atoms with Crippen LogP contribution in [-0.4, -0.2) is 37.0 Å². The Morgan fingerprint density at radius 1 is 1.13 bits per heavy atom. The Bertz CT molecular complexity index is 600. The fourth-order valence-corrected chi connectivity index (χ4v) is 3.62. The van der Waals surface area contributed by atoms with Crippen molar-refractivity contribution in [1.82, 2.24) is 10.2 Å². The number of rotatable bonds is 2. The predicted octanol–water partition coefficient (Wildman–Crippen LogP) is 2.66. The summed E-state index contributed by atoms with van der Waals surface area (Å²) in [5.74, 6) is 0.846. The van der Waals surface area contributed by atoms with Crippen LogP contribution >= 0.6 is 0 Å². The van der Waals surface area contributed by atoms with Crippen LogP contribution in [0.1, 0.15) is 25.0 Å². The van der Waals surface area contributed by atoms with Crippen molar-refractivity contribution in [1.29, 1.82) is 0 Å². The van der Waals surface area contributed by atoms with Crippen LogP contribution in [0.5, 0.6) is 0 Å². The average Bonchev–Trinajstić information content (AvgIpc) is 3.06. The van der Waals surface area contributed by atoms with Crippen LogP contribution in [0, 0.1) is 11.8 Å². The second-order valence-electron chi connectivity index (χ2n) is 7.09. The number of carbonyl (C=O) groups excluding carboxylic acids is 1. The maximum Gasteiger partial charge on any atom is 0.416 e. The minimum atomic E-state index is -4.40. The number of halogens is 3. The Labute approximate surface area is 133 Å². The van der Waals surface area contributed by atoms with Gasteiger partial charge in [0, 0.05) is 26.2 Å². The average molecular weight is 326 g/mol. The quantitative estimate of drug-likeness (QED) is 0.906. The molecule has 23 heavy (non-hydrogen) atoms. The number of carbonyl (C=O) groups is 1. The van der Waals surface area contributed by atoms with E-state index in [4.69, 9.17) is 0 Å². The summed E-state index contributed by atoms with van der Waals surface area (Å²) in [6, 6.07) is 5.10. The van der Waals surface area contributed by atoms with Crippen LogP contribution in [0.15, 0.2) is 24.3 Å². The molecular weight excluding hydrogens is 305 g/mol. The lowest BCUT2D eigenvalue weighted by Gasteiger charge is -2.30. The Morgan fingerprint density at radius 3 is 2.26 bits per heavy atom. The van der Waals surface area contributed by atoms with Gasteiger partial charge in [-0.15, -0.1) is 0 Å². The maximum absolute atomic E-state index is 12.9. The van der Waals surface area contributed by atoms with Gasteiger partial charge in [0.1, 0.15) is 0 Å². The zero-order valence-corrected chi connectivity index (χ0v) is 13.3. The Hall–Kier alpha value is -1.56. The third-order valence-corrected chi connectivity index (χ3v) is 5.12. The van der Waals surface area contributed by atoms with E-state index < -0.39 is 17.2 Å². The number of amides is 1. The van der Waals surface area contributed by atoms with Crippen LogP contribution in [0.4, 0.5) is 13.2 Å². The first-order valence-electron chi connectivity index (χ1n) is 7.87. The molecule has 0 aromatic heterocycles. The fourth-order valence-electron chi connectivity index (χ4n) is 3.62. The molecule has 2 aliphatic heterocycles. The van der Waals surface area contributed by atoms with Gasteiger partial charge in [-0.25, -0.2) is 0 Å². The third-order valence-electron chi connectivity index (χ3n) is 5.12. The summed E-state index contributed by atoms with van der Waals surface area (Å²) in [6.45, 7) is 6.63. The molecule has 1 amide bonds. The molecule has 0 aliphatic carbocycles. The van der Waals surface area contributed by atoms with Gasteiger partial charge in [0.25, 0.3) is 0 Å². The van der Waals surface area contributed by atoms with Gasteiger partial charge in [-0.05, 0) is 37.3 Å². The summed E-state index contributed by atoms with van der Waals surface area (Å²) in [4.78, 5) is 14.7. The Morgan fingerprint density at radius 2 is 1.70 bits per heavy atom. The van der Waals surface area contributed by atoms with E-state index in [-0.39, 0.29) is 5.91 Å². The number of hydrogen-bond donors (Lipinski definition) is 1. The highest BCUT2D eigenvalue weighted by Gasteiger charge is 2.43. The van der Waals surface area contributed by atoms with Crippen molar-refractivity contribution in [2.75, 3.05) is 26.2 Å². The molecular formula is C17H21F3N2O. The van der Waals surface area contributed by atoms with Crippen LogP contribution in [-0.2, 0) is 16.4 Å². The zero-order chi connectivity index (χ0) is 16.8. The lowest BCUT2D eigenvalue weighted by molar-refractivity contribution is -0.138. The van der Waals surface area contributed by atoms with Crippen LogP contribution in [0.2, 0.25) is 0 Å². The van der Waals surface area contributed by atoms with Gasteiger partial charge in [0.05, 0.1) is 11.0 Å². The molecule has 1 N–H and O–H groups in total. The Balaban J connectivity index is 1.82. The largest absolute Gasteiger partial charge is 0.416 e. The SMILES string of the molecule is CC(C)(C(=O)N1C[C@H]2CNC[C@H]2C1)c1cccc(C(F)(F)F)c1. The van der Waals surface area contributed by atoms with Crippen molar-refractivity contribution in [3.63, 3.8) is 0 Å². The first kappa shape index (κ1) is 16.3. The first-order chi connectivity index (χ1) is 10.7. The van der Waals surface area contributed by atoms with Crippen molar-refractivity contribution in [2.24, 2.45) is 11.8 Å². The molecule has 2 aliphatic rings. The summed E-state index contributed by atoms with van der Waals surface area (Å²) in [5, 5.41) is 3.32. The number of nitrogens with zero attached hydrogens (tertiary/aromatic N) is 1. The number of nitrogens with one attached hydrogen (secondary N) is 1. The molecule has 1 aromatic rings. The van der Waals surface area contributed by atoms with E-state index in [1.54, 1.807) is 19.9 Å². The third kappa shape index (κ3) is 2.96. The van der Waals surface area contributed by atoms with Crippen LogP contribution in [0.3, 0.4) is 0 Å². The molecule has 3 nitrogen and oxygen atoms in total. The molecule has 0 bridgehead atoms. The van der Waals surface area contributed by atoms with E-state index in [0.717, 1.165) is 25.2 Å². The number of alkyl halides is 3. The minimum Gasteiger partial charge on any atom is -0.341 e. The summed E-state index contributed by atoms with van der Waals surface area (Å²) < 4.78 is 38.7. The van der Waals surface area contributed by atoms with Gasteiger partial charge in [-0.3, -0.25) is 4.79 Å². The predicted molar refractivity (Wildman–Crippen MR) is 80.9 cm³/mol. The minimum absolute atomic E-state index is 0.0915. The van der Waals surface area contributed by atoms with Gasteiger partial charge in [0.15, 0.2) is 0 Å². The second kappa shape index (κ2) is 5.51. The molecule has 6 heteroatoms. The van der Waals surface area contributed by atoms with Crippen LogP contribution in [0.25, 0.3) is 0 Å². The number of likely N-dealkylation sites (tertiary alicyclic amines) is 1. The van der Waals surface area contributed by atoms with Crippen molar-refractivity contribution in [2.45, 2.75) is 25.4 Å². The van der Waals surface area contributed by atoms with Crippen molar-refractivity contribution < 1.29 is 18.0 Å². The summed E-state index contributed by atoms with van der Waals surface area (Å²) in [6.07, 6.45) is -4.40. The van der Waals surface area contributed by atoms with Gasteiger partial charge in [-0.1, -0.05) is 18.2 Å². The maximum atomic E-state index is 12.9. The van der Waals surface area contributed by atoms with Gasteiger partial charge < -0.3 is 10.2 Å². The van der Waals surface area contributed by atoms with E-state index in [0.29, 0.717) is 30.5 Å². The number of fused-ring (bicyclic) bond motifs is 1. The molecule has 126 valence electrons. The highest BCUT2D eigenvalue weighted by molar-refractivity contribution is 5.87. The molecule has 2 fully saturated rings. The topological polar surface area (TPSA) is 32.3 Å². The van der Waals surface area contributed by atoms with Crippen molar-refractivity contribution in [3.8, 4) is 0 Å². The molecule has 0 saturated carbocycles. The van der Waals surface area contributed by atoms with Gasteiger partial charge in [-0.2, -0.15) is 13.2 Å². The van der Waals surface area contributed by atoms with Gasteiger partial charge in [0.2, 0.25) is 5.91 Å². The smallest absolute Gasteiger partial charge is 0.341 e. The molecule has 2 atom stereocenters. The molecule has 0 unspecified atom stereocenters. The normalized spacial score (nSPS) is 24.8. The zero-order valence-electron chi connectivity index (χ0n) is 13.3. The van der Waals surface area contributed by atoms with Gasteiger partial charge >= 0.3 is 6.18 Å². The molecule has 2 saturated heterocycles. The van der Waals surface area contributed by atoms with Crippen LogP contribution < -0.4 is 5.32 Å². The monoisotopic (exact) mass is 326 g/mol. The van der Waals surface area contributed by atoms with E-state index in [1.165, 1.54) is 6.07 Å². The highest BCUT2D eigenvalue weighted by Crippen LogP contribution is 2.35. The molecule has 2 heterocycles. The lowest BCUT2D eigenvalue weighted by atomic mass is 9.82. The highest BCUT2D eigenvalue weighted by atomic mass is 19.4. The number of hydrogen-bond acceptors (Lipinski definition) is 2. The standard InChI is InChI=1S/C17H21F3N2O/c1-16(2,13-4-3-5-14(6-13)17(18,19)20)15(23)22-9-11-7-21-8-12(11)10-22/h3-6,11-12,21H,7-10H2,1-2H3/t11-,12+. The summed E-state index contributed by atoms with van der Waals surface area (Å²) >= 11 is 0. The molecule has 3 rings (SSSR count). The lowest BCUT2D eigenvalue weighted by Crippen LogP contribution is -2.43. The number of benzene rings is 1. The fraction of sp³-hybridized carbons (Fsp3) is 0.588. The second-order valence-corrected chi connectivity index (χ2v) is 7.09. The molecule has 1 aromatic carbocycles.